The van der Waals surface area contributed by atoms with Crippen molar-refractivity contribution in [2.45, 2.75) is 20.8 Å². The highest BCUT2D eigenvalue weighted by Gasteiger charge is 2.23. The third-order valence-corrected chi connectivity index (χ3v) is 6.54. The summed E-state index contributed by atoms with van der Waals surface area (Å²) in [4.78, 5) is 18.3. The lowest BCUT2D eigenvalue weighted by Gasteiger charge is -2.38. The van der Waals surface area contributed by atoms with Gasteiger partial charge in [-0.25, -0.2) is 9.97 Å². The van der Waals surface area contributed by atoms with E-state index in [2.05, 4.69) is 37.3 Å². The minimum absolute atomic E-state index is 0.278. The molecule has 4 rings (SSSR count). The smallest absolute Gasteiger partial charge is 0.229 e. The van der Waals surface area contributed by atoms with E-state index in [-0.39, 0.29) is 5.11 Å². The largest absolute Gasteiger partial charge is 0.497 e. The molecule has 0 spiro atoms. The van der Waals surface area contributed by atoms with E-state index in [0.717, 1.165) is 48.3 Å². The first-order valence-electron chi connectivity index (χ1n) is 12.2. The van der Waals surface area contributed by atoms with Crippen LogP contribution in [0, 0.1) is 20.8 Å². The van der Waals surface area contributed by atoms with Crippen molar-refractivity contribution in [3.63, 3.8) is 0 Å². The minimum atomic E-state index is 0.278. The van der Waals surface area contributed by atoms with Crippen molar-refractivity contribution >= 4 is 52.2 Å². The summed E-state index contributed by atoms with van der Waals surface area (Å²) in [5, 5.41) is 7.48. The van der Waals surface area contributed by atoms with E-state index in [1.807, 2.05) is 50.2 Å². The fraction of sp³-hybridized carbons (Fsp3) is 0.333. The van der Waals surface area contributed by atoms with Crippen LogP contribution in [0.4, 0.5) is 17.3 Å². The lowest BCUT2D eigenvalue weighted by atomic mass is 10.1. The average Bonchev–Trinajstić information content (AvgIpc) is 2.89. The predicted octanol–water partition coefficient (Wildman–Crippen LogP) is 5.06. The average molecular weight is 554 g/mol. The normalized spacial score (nSPS) is 13.8. The number of halogens is 1. The van der Waals surface area contributed by atoms with Crippen molar-refractivity contribution in [1.82, 2.24) is 14.9 Å². The number of piperazine rings is 1. The summed E-state index contributed by atoms with van der Waals surface area (Å²) in [5.41, 5.74) is 4.77. The first-order valence-corrected chi connectivity index (χ1v) is 13.0. The molecular formula is C27H32ClN7O2S. The number of anilines is 3. The van der Waals surface area contributed by atoms with Crippen LogP contribution < -0.4 is 25.0 Å². The molecule has 1 aromatic heterocycles. The molecule has 0 radical (unpaired) electrons. The van der Waals surface area contributed by atoms with Gasteiger partial charge in [-0.3, -0.25) is 5.32 Å². The van der Waals surface area contributed by atoms with Crippen molar-refractivity contribution in [1.29, 1.82) is 0 Å². The number of aromatic nitrogens is 2. The quantitative estimate of drug-likeness (QED) is 0.256. The number of rotatable bonds is 5. The molecule has 0 atom stereocenters. The number of nitrogens with one attached hydrogen (secondary N) is 2. The molecule has 3 aromatic rings. The van der Waals surface area contributed by atoms with Crippen molar-refractivity contribution in [2.75, 3.05) is 55.9 Å². The van der Waals surface area contributed by atoms with E-state index >= 15 is 0 Å². The fourth-order valence-corrected chi connectivity index (χ4v) is 4.64. The standard InChI is InChI=1S/C27H32ClN7O2S/c1-17-6-7-20(28)13-24(17)34-8-10-35(11-9-34)26(32-25-29-18(2)12-19(3)30-25)33-27(38)31-21-14-22(36-4)16-23(15-21)37-5/h6-7,12-16H,8-11H2,1-5H3,(H2,29,30,31,32,33,38). The van der Waals surface area contributed by atoms with E-state index in [1.54, 1.807) is 20.3 Å². The monoisotopic (exact) mass is 553 g/mol. The molecule has 1 aliphatic rings. The summed E-state index contributed by atoms with van der Waals surface area (Å²) in [6.45, 7) is 9.00. The van der Waals surface area contributed by atoms with Gasteiger partial charge in [-0.05, 0) is 56.8 Å². The van der Waals surface area contributed by atoms with Crippen molar-refractivity contribution < 1.29 is 9.47 Å². The Bertz CT molecular complexity index is 1300. The Balaban J connectivity index is 1.56. The Morgan fingerprint density at radius 3 is 2.13 bits per heavy atom. The van der Waals surface area contributed by atoms with E-state index in [9.17, 15) is 0 Å². The molecule has 1 aliphatic heterocycles. The van der Waals surface area contributed by atoms with Crippen LogP contribution in [0.2, 0.25) is 5.02 Å². The predicted molar refractivity (Wildman–Crippen MR) is 158 cm³/mol. The van der Waals surface area contributed by atoms with E-state index in [4.69, 9.17) is 38.3 Å². The van der Waals surface area contributed by atoms with Crippen molar-refractivity contribution in [2.24, 2.45) is 4.99 Å². The third kappa shape index (κ3) is 7.02. The molecule has 200 valence electrons. The van der Waals surface area contributed by atoms with Gasteiger partial charge in [0.25, 0.3) is 0 Å². The molecule has 11 heteroatoms. The number of aryl methyl sites for hydroxylation is 3. The Kier molecular flexibility index (Phi) is 8.85. The van der Waals surface area contributed by atoms with Crippen LogP contribution in [0.15, 0.2) is 47.5 Å². The third-order valence-electron chi connectivity index (χ3n) is 6.11. The summed E-state index contributed by atoms with van der Waals surface area (Å²) in [6, 6.07) is 13.4. The second kappa shape index (κ2) is 12.3. The zero-order chi connectivity index (χ0) is 27.2. The summed E-state index contributed by atoms with van der Waals surface area (Å²) in [5.74, 6) is 2.34. The van der Waals surface area contributed by atoms with Crippen molar-refractivity contribution in [3.05, 3.63) is 64.4 Å². The Morgan fingerprint density at radius 1 is 0.895 bits per heavy atom. The van der Waals surface area contributed by atoms with Crippen molar-refractivity contribution in [3.8, 4) is 11.5 Å². The van der Waals surface area contributed by atoms with E-state index < -0.39 is 0 Å². The zero-order valence-corrected chi connectivity index (χ0v) is 23.8. The summed E-state index contributed by atoms with van der Waals surface area (Å²) in [6.07, 6.45) is 0. The van der Waals surface area contributed by atoms with Gasteiger partial charge in [0.15, 0.2) is 0 Å². The van der Waals surface area contributed by atoms with Crippen LogP contribution in [-0.2, 0) is 0 Å². The van der Waals surface area contributed by atoms with Crippen LogP contribution in [0.5, 0.6) is 11.5 Å². The number of benzene rings is 2. The van der Waals surface area contributed by atoms with Gasteiger partial charge < -0.3 is 24.6 Å². The van der Waals surface area contributed by atoms with Gasteiger partial charge in [0.2, 0.25) is 17.0 Å². The maximum absolute atomic E-state index is 6.28. The van der Waals surface area contributed by atoms with Gasteiger partial charge in [0.1, 0.15) is 11.5 Å². The van der Waals surface area contributed by atoms with Gasteiger partial charge in [-0.1, -0.05) is 17.7 Å². The number of hydrogen-bond acceptors (Lipinski definition) is 6. The molecule has 1 saturated heterocycles. The molecule has 0 amide bonds. The van der Waals surface area contributed by atoms with E-state index in [0.29, 0.717) is 29.1 Å². The van der Waals surface area contributed by atoms with Gasteiger partial charge in [0.05, 0.1) is 14.2 Å². The first kappa shape index (κ1) is 27.4. The van der Waals surface area contributed by atoms with Crippen LogP contribution in [0.3, 0.4) is 0 Å². The molecule has 38 heavy (non-hydrogen) atoms. The molecule has 2 N–H and O–H groups in total. The Labute approximate surface area is 233 Å². The lowest BCUT2D eigenvalue weighted by molar-refractivity contribution is 0.385. The number of hydrogen-bond donors (Lipinski definition) is 2. The summed E-state index contributed by atoms with van der Waals surface area (Å²) < 4.78 is 10.7. The molecule has 0 bridgehead atoms. The number of ether oxygens (including phenoxy) is 2. The summed E-state index contributed by atoms with van der Waals surface area (Å²) >= 11 is 11.9. The number of aliphatic imine (C=N–C) groups is 1. The van der Waals surface area contributed by atoms with Gasteiger partial charge in [-0.2, -0.15) is 4.99 Å². The Hall–Kier alpha value is -3.63. The van der Waals surface area contributed by atoms with Crippen LogP contribution >= 0.6 is 23.8 Å². The molecule has 2 heterocycles. The highest BCUT2D eigenvalue weighted by molar-refractivity contribution is 7.80. The molecular weight excluding hydrogens is 522 g/mol. The molecule has 2 aromatic carbocycles. The molecule has 0 unspecified atom stereocenters. The van der Waals surface area contributed by atoms with Gasteiger partial charge in [0, 0.05) is 72.2 Å². The molecule has 0 saturated carbocycles. The number of nitrogens with zero attached hydrogens (tertiary/aromatic N) is 5. The minimum Gasteiger partial charge on any atom is -0.497 e. The van der Waals surface area contributed by atoms with Crippen LogP contribution in [-0.4, -0.2) is 66.3 Å². The second-order valence-corrected chi connectivity index (χ2v) is 9.79. The molecule has 9 nitrogen and oxygen atoms in total. The maximum atomic E-state index is 6.28. The molecule has 0 aliphatic carbocycles. The number of methoxy groups -OCH3 is 2. The lowest BCUT2D eigenvalue weighted by Crippen LogP contribution is -2.51. The Morgan fingerprint density at radius 2 is 1.53 bits per heavy atom. The second-order valence-electron chi connectivity index (χ2n) is 8.97. The highest BCUT2D eigenvalue weighted by Crippen LogP contribution is 2.27. The topological polar surface area (TPSA) is 87.1 Å². The fourth-order valence-electron chi connectivity index (χ4n) is 4.27. The van der Waals surface area contributed by atoms with E-state index in [1.165, 1.54) is 5.56 Å². The molecule has 1 fully saturated rings. The number of guanidine groups is 1. The number of thiocarbonyl (C=S) groups is 1. The first-order chi connectivity index (χ1) is 18.2. The SMILES string of the molecule is COc1cc(NC(=S)/N=C(/Nc2nc(C)cc(C)n2)N2CCN(c3cc(Cl)ccc3C)CC2)cc(OC)c1. The van der Waals surface area contributed by atoms with Crippen LogP contribution in [0.25, 0.3) is 0 Å². The van der Waals surface area contributed by atoms with Gasteiger partial charge in [-0.15, -0.1) is 0 Å². The van der Waals surface area contributed by atoms with Gasteiger partial charge >= 0.3 is 0 Å². The zero-order valence-electron chi connectivity index (χ0n) is 22.2. The summed E-state index contributed by atoms with van der Waals surface area (Å²) in [7, 11) is 3.21. The van der Waals surface area contributed by atoms with Crippen LogP contribution in [0.1, 0.15) is 17.0 Å². The highest BCUT2D eigenvalue weighted by atomic mass is 35.5. The maximum Gasteiger partial charge on any atom is 0.229 e.